The van der Waals surface area contributed by atoms with E-state index in [0.717, 1.165) is 6.07 Å². The topological polar surface area (TPSA) is 59.6 Å². The number of methoxy groups -OCH3 is 1. The zero-order chi connectivity index (χ0) is 18.4. The highest BCUT2D eigenvalue weighted by atomic mass is 35.5. The molecule has 2 aromatic carbocycles. The van der Waals surface area contributed by atoms with Gasteiger partial charge in [-0.25, -0.2) is 0 Å². The van der Waals surface area contributed by atoms with E-state index >= 15 is 0 Å². The summed E-state index contributed by atoms with van der Waals surface area (Å²) in [6.45, 7) is -0.284. The molecule has 0 bridgehead atoms. The highest BCUT2D eigenvalue weighted by molar-refractivity contribution is 6.31. The molecule has 5 nitrogen and oxygen atoms in total. The van der Waals surface area contributed by atoms with Gasteiger partial charge in [0.15, 0.2) is 5.75 Å². The summed E-state index contributed by atoms with van der Waals surface area (Å²) < 4.78 is 46.1. The van der Waals surface area contributed by atoms with Crippen LogP contribution in [0.2, 0.25) is 5.02 Å². The SMILES string of the molecule is COc1ccc(Cl)cc1NC(=O)CNc1ccccc1OC(F)(F)F. The van der Waals surface area contributed by atoms with Gasteiger partial charge in [-0.1, -0.05) is 23.7 Å². The summed E-state index contributed by atoms with van der Waals surface area (Å²) in [7, 11) is 1.43. The van der Waals surface area contributed by atoms with E-state index in [4.69, 9.17) is 16.3 Å². The lowest BCUT2D eigenvalue weighted by molar-refractivity contribution is -0.274. The third-order valence-electron chi connectivity index (χ3n) is 2.99. The standard InChI is InChI=1S/C16H14ClF3N2O3/c1-24-13-7-6-10(17)8-12(13)22-15(23)9-21-11-4-2-3-5-14(11)25-16(18,19)20/h2-8,21H,9H2,1H3,(H,22,23). The zero-order valence-corrected chi connectivity index (χ0v) is 13.7. The second-order valence-corrected chi connectivity index (χ2v) is 5.23. The van der Waals surface area contributed by atoms with Gasteiger partial charge in [-0.3, -0.25) is 4.79 Å². The fourth-order valence-corrected chi connectivity index (χ4v) is 2.15. The second-order valence-electron chi connectivity index (χ2n) is 4.79. The number of amides is 1. The Bertz CT molecular complexity index is 754. The molecule has 0 saturated carbocycles. The van der Waals surface area contributed by atoms with Crippen LogP contribution in [-0.4, -0.2) is 25.9 Å². The summed E-state index contributed by atoms with van der Waals surface area (Å²) in [6.07, 6.45) is -4.83. The maximum atomic E-state index is 12.4. The monoisotopic (exact) mass is 374 g/mol. The fourth-order valence-electron chi connectivity index (χ4n) is 1.97. The van der Waals surface area contributed by atoms with Crippen LogP contribution >= 0.6 is 11.6 Å². The number of rotatable bonds is 6. The highest BCUT2D eigenvalue weighted by Gasteiger charge is 2.32. The lowest BCUT2D eigenvalue weighted by Gasteiger charge is -2.15. The number of nitrogens with one attached hydrogen (secondary N) is 2. The number of para-hydroxylation sites is 2. The summed E-state index contributed by atoms with van der Waals surface area (Å²) in [4.78, 5) is 12.0. The van der Waals surface area contributed by atoms with Crippen LogP contribution < -0.4 is 20.1 Å². The van der Waals surface area contributed by atoms with Gasteiger partial charge in [-0.05, 0) is 30.3 Å². The third-order valence-corrected chi connectivity index (χ3v) is 3.22. The van der Waals surface area contributed by atoms with E-state index in [1.807, 2.05) is 0 Å². The van der Waals surface area contributed by atoms with Crippen molar-refractivity contribution < 1.29 is 27.4 Å². The first-order valence-electron chi connectivity index (χ1n) is 7.00. The van der Waals surface area contributed by atoms with Crippen LogP contribution in [0.5, 0.6) is 11.5 Å². The Kier molecular flexibility index (Phi) is 5.97. The molecule has 2 N–H and O–H groups in total. The Morgan fingerprint density at radius 3 is 2.52 bits per heavy atom. The molecule has 2 rings (SSSR count). The molecular formula is C16H14ClF3N2O3. The number of anilines is 2. The minimum Gasteiger partial charge on any atom is -0.495 e. The van der Waals surface area contributed by atoms with E-state index in [2.05, 4.69) is 15.4 Å². The first-order chi connectivity index (χ1) is 11.8. The van der Waals surface area contributed by atoms with Crippen molar-refractivity contribution in [3.05, 3.63) is 47.5 Å². The number of ether oxygens (including phenoxy) is 2. The van der Waals surface area contributed by atoms with E-state index in [-0.39, 0.29) is 12.2 Å². The highest BCUT2D eigenvalue weighted by Crippen LogP contribution is 2.30. The van der Waals surface area contributed by atoms with E-state index in [0.29, 0.717) is 16.5 Å². The average molecular weight is 375 g/mol. The lowest BCUT2D eigenvalue weighted by atomic mass is 10.2. The maximum Gasteiger partial charge on any atom is 0.573 e. The lowest BCUT2D eigenvalue weighted by Crippen LogP contribution is -2.23. The third kappa shape index (κ3) is 5.75. The summed E-state index contributed by atoms with van der Waals surface area (Å²) in [5.74, 6) is -0.524. The smallest absolute Gasteiger partial charge is 0.495 e. The van der Waals surface area contributed by atoms with Gasteiger partial charge in [0.2, 0.25) is 5.91 Å². The molecular weight excluding hydrogens is 361 g/mol. The second kappa shape index (κ2) is 7.98. The molecule has 0 saturated heterocycles. The Balaban J connectivity index is 2.03. The number of benzene rings is 2. The van der Waals surface area contributed by atoms with Gasteiger partial charge in [0, 0.05) is 5.02 Å². The average Bonchev–Trinajstić information content (AvgIpc) is 2.53. The van der Waals surface area contributed by atoms with Crippen molar-refractivity contribution in [2.45, 2.75) is 6.36 Å². The first kappa shape index (κ1) is 18.7. The molecule has 0 unspecified atom stereocenters. The van der Waals surface area contributed by atoms with Crippen LogP contribution in [0.15, 0.2) is 42.5 Å². The molecule has 0 spiro atoms. The van der Waals surface area contributed by atoms with Gasteiger partial charge >= 0.3 is 6.36 Å². The number of carbonyl (C=O) groups is 1. The predicted octanol–water partition coefficient (Wildman–Crippen LogP) is 4.30. The van der Waals surface area contributed by atoms with Gasteiger partial charge in [-0.2, -0.15) is 0 Å². The largest absolute Gasteiger partial charge is 0.573 e. The molecule has 0 aliphatic rings. The molecule has 2 aromatic rings. The molecule has 0 aliphatic carbocycles. The van der Waals surface area contributed by atoms with E-state index < -0.39 is 18.0 Å². The van der Waals surface area contributed by atoms with Crippen LogP contribution in [-0.2, 0) is 4.79 Å². The molecule has 25 heavy (non-hydrogen) atoms. The molecule has 0 aliphatic heterocycles. The van der Waals surface area contributed by atoms with Crippen molar-refractivity contribution in [2.75, 3.05) is 24.3 Å². The van der Waals surface area contributed by atoms with Crippen molar-refractivity contribution in [3.63, 3.8) is 0 Å². The molecule has 0 aromatic heterocycles. The minimum absolute atomic E-state index is 0.0352. The zero-order valence-electron chi connectivity index (χ0n) is 13.0. The normalized spacial score (nSPS) is 10.9. The minimum atomic E-state index is -4.83. The molecule has 134 valence electrons. The Hall–Kier alpha value is -2.61. The van der Waals surface area contributed by atoms with Crippen LogP contribution in [0.4, 0.5) is 24.5 Å². The van der Waals surface area contributed by atoms with Crippen molar-refractivity contribution in [1.82, 2.24) is 0 Å². The summed E-state index contributed by atoms with van der Waals surface area (Å²) in [5.41, 5.74) is 0.384. The molecule has 1 amide bonds. The van der Waals surface area contributed by atoms with E-state index in [9.17, 15) is 18.0 Å². The van der Waals surface area contributed by atoms with Gasteiger partial charge in [-0.15, -0.1) is 13.2 Å². The number of halogens is 4. The summed E-state index contributed by atoms with van der Waals surface area (Å²) in [5, 5.41) is 5.56. The summed E-state index contributed by atoms with van der Waals surface area (Å²) in [6, 6.07) is 10.1. The molecule has 0 atom stereocenters. The number of hydrogen-bond donors (Lipinski definition) is 2. The Labute approximate surface area is 146 Å². The number of alkyl halides is 3. The first-order valence-corrected chi connectivity index (χ1v) is 7.38. The van der Waals surface area contributed by atoms with Crippen LogP contribution in [0.25, 0.3) is 0 Å². The quantitative estimate of drug-likeness (QED) is 0.791. The number of hydrogen-bond acceptors (Lipinski definition) is 4. The fraction of sp³-hybridized carbons (Fsp3) is 0.188. The molecule has 0 radical (unpaired) electrons. The van der Waals surface area contributed by atoms with Gasteiger partial charge in [0.05, 0.1) is 25.0 Å². The van der Waals surface area contributed by atoms with Gasteiger partial charge in [0.25, 0.3) is 0 Å². The van der Waals surface area contributed by atoms with Gasteiger partial charge < -0.3 is 20.1 Å². The van der Waals surface area contributed by atoms with Gasteiger partial charge in [0.1, 0.15) is 5.75 Å². The maximum absolute atomic E-state index is 12.4. The van der Waals surface area contributed by atoms with E-state index in [1.54, 1.807) is 12.1 Å². The van der Waals surface area contributed by atoms with Crippen LogP contribution in [0.3, 0.4) is 0 Å². The molecule has 0 fully saturated rings. The summed E-state index contributed by atoms with van der Waals surface area (Å²) >= 11 is 5.87. The Morgan fingerprint density at radius 1 is 1.12 bits per heavy atom. The Morgan fingerprint density at radius 2 is 1.84 bits per heavy atom. The van der Waals surface area contributed by atoms with Crippen molar-refractivity contribution >= 4 is 28.9 Å². The molecule has 9 heteroatoms. The van der Waals surface area contributed by atoms with Crippen LogP contribution in [0, 0.1) is 0 Å². The van der Waals surface area contributed by atoms with Crippen molar-refractivity contribution in [2.24, 2.45) is 0 Å². The van der Waals surface area contributed by atoms with Crippen molar-refractivity contribution in [3.8, 4) is 11.5 Å². The number of carbonyl (C=O) groups excluding carboxylic acids is 1. The van der Waals surface area contributed by atoms with Crippen LogP contribution in [0.1, 0.15) is 0 Å². The molecule has 0 heterocycles. The predicted molar refractivity (Wildman–Crippen MR) is 88.2 cm³/mol. The van der Waals surface area contributed by atoms with E-state index in [1.165, 1.54) is 31.4 Å². The van der Waals surface area contributed by atoms with Crippen molar-refractivity contribution in [1.29, 1.82) is 0 Å².